The lowest BCUT2D eigenvalue weighted by atomic mass is 9.97. The van der Waals surface area contributed by atoms with Crippen molar-refractivity contribution in [3.05, 3.63) is 11.3 Å². The zero-order chi connectivity index (χ0) is 13.7. The quantitative estimate of drug-likeness (QED) is 0.737. The lowest BCUT2D eigenvalue weighted by Gasteiger charge is -2.29. The van der Waals surface area contributed by atoms with Crippen LogP contribution in [0.25, 0.3) is 0 Å². The number of nitrogens with zero attached hydrogens (tertiary/aromatic N) is 1. The Kier molecular flexibility index (Phi) is 5.38. The Hall–Kier alpha value is -1.32. The Morgan fingerprint density at radius 3 is 2.56 bits per heavy atom. The summed E-state index contributed by atoms with van der Waals surface area (Å²) in [6.07, 6.45) is 4.60. The molecule has 0 radical (unpaired) electrons. The Balaban J connectivity index is 2.71. The monoisotopic (exact) mass is 252 g/mol. The molecule has 0 aromatic carbocycles. The molecule has 2 N–H and O–H groups in total. The first-order chi connectivity index (χ1) is 8.51. The van der Waals surface area contributed by atoms with Gasteiger partial charge in [-0.1, -0.05) is 33.1 Å². The van der Waals surface area contributed by atoms with Gasteiger partial charge in [-0.05, 0) is 24.8 Å². The van der Waals surface area contributed by atoms with E-state index in [1.165, 1.54) is 4.90 Å². The van der Waals surface area contributed by atoms with Crippen LogP contribution in [-0.2, 0) is 9.59 Å². The van der Waals surface area contributed by atoms with E-state index >= 15 is 0 Å². The van der Waals surface area contributed by atoms with E-state index in [-0.39, 0.29) is 23.9 Å². The van der Waals surface area contributed by atoms with Crippen LogP contribution < -0.4 is 5.73 Å². The molecule has 0 bridgehead atoms. The highest BCUT2D eigenvalue weighted by Crippen LogP contribution is 2.21. The largest absolute Gasteiger partial charge is 0.394 e. The zero-order valence-corrected chi connectivity index (χ0v) is 11.7. The number of amides is 2. The number of hydrogen-bond donors (Lipinski definition) is 1. The van der Waals surface area contributed by atoms with Gasteiger partial charge in [0.1, 0.15) is 0 Å². The van der Waals surface area contributed by atoms with Gasteiger partial charge in [-0.25, -0.2) is 0 Å². The van der Waals surface area contributed by atoms with Crippen LogP contribution in [0.4, 0.5) is 0 Å². The topological polar surface area (TPSA) is 63.4 Å². The molecule has 1 heterocycles. The summed E-state index contributed by atoms with van der Waals surface area (Å²) in [5.74, 6) is -0.0237. The first-order valence-corrected chi connectivity index (χ1v) is 6.81. The number of carbonyl (C=O) groups is 2. The van der Waals surface area contributed by atoms with E-state index in [4.69, 9.17) is 5.73 Å². The van der Waals surface area contributed by atoms with Gasteiger partial charge in [0.25, 0.3) is 5.91 Å². The van der Waals surface area contributed by atoms with Crippen LogP contribution >= 0.6 is 0 Å². The van der Waals surface area contributed by atoms with Crippen molar-refractivity contribution in [2.75, 3.05) is 6.54 Å². The highest BCUT2D eigenvalue weighted by molar-refractivity contribution is 6.07. The van der Waals surface area contributed by atoms with Crippen molar-refractivity contribution in [2.24, 2.45) is 11.7 Å². The van der Waals surface area contributed by atoms with E-state index < -0.39 is 0 Å². The molecule has 0 saturated carbocycles. The van der Waals surface area contributed by atoms with Crippen LogP contribution in [0, 0.1) is 5.92 Å². The normalized spacial score (nSPS) is 18.5. The van der Waals surface area contributed by atoms with E-state index in [1.54, 1.807) is 6.92 Å². The lowest BCUT2D eigenvalue weighted by molar-refractivity contribution is -0.144. The average Bonchev–Trinajstić information content (AvgIpc) is 2.35. The van der Waals surface area contributed by atoms with Crippen molar-refractivity contribution in [1.29, 1.82) is 0 Å². The molecule has 1 unspecified atom stereocenters. The maximum atomic E-state index is 12.0. The van der Waals surface area contributed by atoms with Gasteiger partial charge >= 0.3 is 0 Å². The van der Waals surface area contributed by atoms with E-state index in [0.717, 1.165) is 25.7 Å². The fourth-order valence-corrected chi connectivity index (χ4v) is 2.22. The number of carbonyl (C=O) groups excluding carboxylic acids is 2. The van der Waals surface area contributed by atoms with Crippen molar-refractivity contribution in [3.63, 3.8) is 0 Å². The predicted molar refractivity (Wildman–Crippen MR) is 71.5 cm³/mol. The summed E-state index contributed by atoms with van der Waals surface area (Å²) in [7, 11) is 0. The molecule has 4 nitrogen and oxygen atoms in total. The maximum Gasteiger partial charge on any atom is 0.276 e. The summed E-state index contributed by atoms with van der Waals surface area (Å²) < 4.78 is 0. The first kappa shape index (κ1) is 14.7. The molecule has 0 fully saturated rings. The SMILES string of the molecule is CCCCC(CC)CN1C(=O)CC(C)=C(N)C1=O. The Labute approximate surface area is 109 Å². The summed E-state index contributed by atoms with van der Waals surface area (Å²) in [4.78, 5) is 25.2. The third kappa shape index (κ3) is 3.34. The molecule has 0 aromatic heterocycles. The highest BCUT2D eigenvalue weighted by atomic mass is 16.2. The van der Waals surface area contributed by atoms with Gasteiger partial charge in [0.2, 0.25) is 5.91 Å². The van der Waals surface area contributed by atoms with Crippen molar-refractivity contribution in [3.8, 4) is 0 Å². The summed E-state index contributed by atoms with van der Waals surface area (Å²) >= 11 is 0. The molecule has 0 spiro atoms. The molecule has 1 aliphatic rings. The summed E-state index contributed by atoms with van der Waals surface area (Å²) in [6, 6.07) is 0. The molecule has 0 aliphatic carbocycles. The van der Waals surface area contributed by atoms with Crippen LogP contribution in [0.15, 0.2) is 11.3 Å². The number of rotatable bonds is 6. The van der Waals surface area contributed by atoms with E-state index in [0.29, 0.717) is 18.0 Å². The Morgan fingerprint density at radius 2 is 2.00 bits per heavy atom. The zero-order valence-electron chi connectivity index (χ0n) is 11.7. The van der Waals surface area contributed by atoms with Gasteiger partial charge in [0.15, 0.2) is 0 Å². The molecule has 102 valence electrons. The fraction of sp³-hybridized carbons (Fsp3) is 0.714. The summed E-state index contributed by atoms with van der Waals surface area (Å²) in [6.45, 7) is 6.51. The number of imide groups is 1. The molecular formula is C14H24N2O2. The van der Waals surface area contributed by atoms with Gasteiger partial charge in [-0.2, -0.15) is 0 Å². The second kappa shape index (κ2) is 6.57. The van der Waals surface area contributed by atoms with Gasteiger partial charge in [0.05, 0.1) is 12.1 Å². The van der Waals surface area contributed by atoms with Gasteiger partial charge in [-0.15, -0.1) is 0 Å². The third-order valence-corrected chi connectivity index (χ3v) is 3.64. The molecule has 1 atom stereocenters. The predicted octanol–water partition coefficient (Wildman–Crippen LogP) is 2.19. The summed E-state index contributed by atoms with van der Waals surface area (Å²) in [5, 5.41) is 0. The van der Waals surface area contributed by atoms with Crippen molar-refractivity contribution >= 4 is 11.8 Å². The van der Waals surface area contributed by atoms with Crippen LogP contribution in [-0.4, -0.2) is 23.3 Å². The number of hydrogen-bond acceptors (Lipinski definition) is 3. The first-order valence-electron chi connectivity index (χ1n) is 6.81. The molecule has 0 saturated heterocycles. The molecule has 18 heavy (non-hydrogen) atoms. The van der Waals surface area contributed by atoms with Crippen LogP contribution in [0.3, 0.4) is 0 Å². The maximum absolute atomic E-state index is 12.0. The minimum absolute atomic E-state index is 0.110. The molecule has 0 aromatic rings. The van der Waals surface area contributed by atoms with Crippen LogP contribution in [0.1, 0.15) is 52.9 Å². The van der Waals surface area contributed by atoms with Crippen LogP contribution in [0.5, 0.6) is 0 Å². The number of unbranched alkanes of at least 4 members (excludes halogenated alkanes) is 1. The second-order valence-electron chi connectivity index (χ2n) is 5.10. The third-order valence-electron chi connectivity index (χ3n) is 3.64. The van der Waals surface area contributed by atoms with E-state index in [2.05, 4.69) is 13.8 Å². The van der Waals surface area contributed by atoms with Gasteiger partial charge in [0, 0.05) is 6.54 Å². The van der Waals surface area contributed by atoms with Crippen LogP contribution in [0.2, 0.25) is 0 Å². The fourth-order valence-electron chi connectivity index (χ4n) is 2.22. The van der Waals surface area contributed by atoms with Crippen molar-refractivity contribution in [2.45, 2.75) is 52.9 Å². The Morgan fingerprint density at radius 1 is 1.33 bits per heavy atom. The van der Waals surface area contributed by atoms with E-state index in [1.807, 2.05) is 0 Å². The lowest BCUT2D eigenvalue weighted by Crippen LogP contribution is -2.45. The molecule has 1 rings (SSSR count). The smallest absolute Gasteiger partial charge is 0.276 e. The minimum Gasteiger partial charge on any atom is -0.394 e. The minimum atomic E-state index is -0.307. The molecular weight excluding hydrogens is 228 g/mol. The molecule has 4 heteroatoms. The van der Waals surface area contributed by atoms with Gasteiger partial charge in [-0.3, -0.25) is 14.5 Å². The molecule has 2 amide bonds. The standard InChI is InChI=1S/C14H24N2O2/c1-4-6-7-11(5-2)9-16-12(17)8-10(3)13(15)14(16)18/h11H,4-9,15H2,1-3H3. The second-order valence-corrected chi connectivity index (χ2v) is 5.10. The van der Waals surface area contributed by atoms with Gasteiger partial charge < -0.3 is 5.73 Å². The number of nitrogens with two attached hydrogens (primary N) is 1. The van der Waals surface area contributed by atoms with Crippen molar-refractivity contribution in [1.82, 2.24) is 4.90 Å². The van der Waals surface area contributed by atoms with E-state index in [9.17, 15) is 9.59 Å². The highest BCUT2D eigenvalue weighted by Gasteiger charge is 2.31. The molecule has 1 aliphatic heterocycles. The Bertz CT molecular complexity index is 361. The average molecular weight is 252 g/mol. The van der Waals surface area contributed by atoms with Crippen molar-refractivity contribution < 1.29 is 9.59 Å². The summed E-state index contributed by atoms with van der Waals surface area (Å²) in [5.41, 5.74) is 6.67.